The zero-order chi connectivity index (χ0) is 17.6. The average molecular weight is 336 g/mol. The van der Waals surface area contributed by atoms with Crippen LogP contribution in [0.25, 0.3) is 6.08 Å². The number of carbonyl (C=O) groups is 3. The van der Waals surface area contributed by atoms with Crippen LogP contribution in [-0.2, 0) is 16.1 Å². The van der Waals surface area contributed by atoms with Gasteiger partial charge in [-0.15, -0.1) is 0 Å². The van der Waals surface area contributed by atoms with Gasteiger partial charge in [0.15, 0.2) is 0 Å². The lowest BCUT2D eigenvalue weighted by Crippen LogP contribution is -2.30. The molecule has 2 N–H and O–H groups in total. The first kappa shape index (κ1) is 16.4. The minimum atomic E-state index is -0.405. The number of carbonyl (C=O) groups excluding carboxylic acids is 3. The van der Waals surface area contributed by atoms with E-state index in [9.17, 15) is 14.4 Å². The number of nitrogens with zero attached hydrogens (tertiary/aromatic N) is 2. The fourth-order valence-corrected chi connectivity index (χ4v) is 2.36. The molecule has 1 saturated heterocycles. The summed E-state index contributed by atoms with van der Waals surface area (Å²) in [6.07, 6.45) is 4.66. The molecule has 1 aliphatic rings. The van der Waals surface area contributed by atoms with Crippen LogP contribution in [0.3, 0.4) is 0 Å². The molecule has 2 heterocycles. The highest BCUT2D eigenvalue weighted by atomic mass is 16.2. The minimum absolute atomic E-state index is 0.0214. The highest BCUT2D eigenvalue weighted by Crippen LogP contribution is 2.14. The predicted molar refractivity (Wildman–Crippen MR) is 92.3 cm³/mol. The smallest absolute Gasteiger partial charge is 0.324 e. The molecular formula is C18H16N4O3. The lowest BCUT2D eigenvalue weighted by Gasteiger charge is -2.13. The van der Waals surface area contributed by atoms with Crippen LogP contribution in [-0.4, -0.2) is 34.3 Å². The normalized spacial score (nSPS) is 14.0. The molecule has 0 bridgehead atoms. The second-order valence-corrected chi connectivity index (χ2v) is 5.42. The first-order chi connectivity index (χ1) is 12.1. The molecule has 0 spiro atoms. The number of hydrogen-bond donors (Lipinski definition) is 2. The molecule has 0 unspecified atom stereocenters. The molecule has 0 saturated carbocycles. The summed E-state index contributed by atoms with van der Waals surface area (Å²) in [6.45, 7) is 0.186. The Morgan fingerprint density at radius 2 is 2.12 bits per heavy atom. The summed E-state index contributed by atoms with van der Waals surface area (Å²) in [7, 11) is 0. The van der Waals surface area contributed by atoms with Gasteiger partial charge in [0.25, 0.3) is 0 Å². The Labute approximate surface area is 144 Å². The molecule has 25 heavy (non-hydrogen) atoms. The van der Waals surface area contributed by atoms with Crippen molar-refractivity contribution < 1.29 is 14.4 Å². The van der Waals surface area contributed by atoms with Crippen molar-refractivity contribution in [2.45, 2.75) is 6.54 Å². The Kier molecular flexibility index (Phi) is 4.84. The number of aromatic nitrogens is 1. The van der Waals surface area contributed by atoms with Gasteiger partial charge >= 0.3 is 6.03 Å². The molecule has 4 amide bonds. The summed E-state index contributed by atoms with van der Waals surface area (Å²) < 4.78 is 0. The molecule has 1 fully saturated rings. The van der Waals surface area contributed by atoms with E-state index >= 15 is 0 Å². The van der Waals surface area contributed by atoms with Crippen LogP contribution in [0.5, 0.6) is 0 Å². The van der Waals surface area contributed by atoms with E-state index < -0.39 is 6.03 Å². The van der Waals surface area contributed by atoms with Gasteiger partial charge in [0, 0.05) is 18.0 Å². The van der Waals surface area contributed by atoms with Gasteiger partial charge in [-0.05, 0) is 35.9 Å². The quantitative estimate of drug-likeness (QED) is 0.643. The Bertz CT molecular complexity index is 817. The zero-order valence-corrected chi connectivity index (χ0v) is 13.3. The molecule has 1 aromatic heterocycles. The van der Waals surface area contributed by atoms with Gasteiger partial charge < -0.3 is 10.6 Å². The lowest BCUT2D eigenvalue weighted by atomic mass is 10.2. The van der Waals surface area contributed by atoms with Crippen LogP contribution in [0.2, 0.25) is 0 Å². The molecule has 1 aliphatic heterocycles. The number of urea groups is 1. The van der Waals surface area contributed by atoms with E-state index in [0.29, 0.717) is 11.4 Å². The summed E-state index contributed by atoms with van der Waals surface area (Å²) in [6, 6.07) is 12.0. The van der Waals surface area contributed by atoms with Crippen LogP contribution >= 0.6 is 0 Å². The molecule has 7 nitrogen and oxygen atoms in total. The van der Waals surface area contributed by atoms with Gasteiger partial charge in [0.05, 0.1) is 18.8 Å². The van der Waals surface area contributed by atoms with E-state index in [2.05, 4.69) is 15.6 Å². The van der Waals surface area contributed by atoms with Crippen LogP contribution in [0, 0.1) is 0 Å². The van der Waals surface area contributed by atoms with Gasteiger partial charge in [0.2, 0.25) is 11.8 Å². The number of amides is 4. The fraction of sp³-hybridized carbons (Fsp3) is 0.111. The van der Waals surface area contributed by atoms with Gasteiger partial charge in [-0.1, -0.05) is 18.2 Å². The Balaban J connectivity index is 1.63. The summed E-state index contributed by atoms with van der Waals surface area (Å²) in [5.41, 5.74) is 2.02. The van der Waals surface area contributed by atoms with E-state index in [4.69, 9.17) is 0 Å². The SMILES string of the molecule is O=C(/C=C/c1ccccn1)Nc1cccc(CN2C(=O)CNC2=O)c1. The van der Waals surface area contributed by atoms with Gasteiger partial charge in [-0.25, -0.2) is 4.79 Å². The molecule has 0 radical (unpaired) electrons. The topological polar surface area (TPSA) is 91.4 Å². The molecule has 0 atom stereocenters. The number of pyridine rings is 1. The van der Waals surface area contributed by atoms with Crippen molar-refractivity contribution in [3.63, 3.8) is 0 Å². The molecule has 2 aromatic rings. The maximum atomic E-state index is 12.0. The standard InChI is InChI=1S/C18H16N4O3/c23-16(8-7-14-5-1-2-9-19-14)21-15-6-3-4-13(10-15)12-22-17(24)11-20-18(22)25/h1-10H,11-12H2,(H,20,25)(H,21,23)/b8-7+. The molecule has 126 valence electrons. The number of benzene rings is 1. The molecule has 1 aromatic carbocycles. The van der Waals surface area contributed by atoms with Crippen LogP contribution in [0.15, 0.2) is 54.7 Å². The Hall–Kier alpha value is -3.48. The fourth-order valence-electron chi connectivity index (χ4n) is 2.36. The molecule has 0 aliphatic carbocycles. The minimum Gasteiger partial charge on any atom is -0.329 e. The van der Waals surface area contributed by atoms with Crippen molar-refractivity contribution in [3.8, 4) is 0 Å². The third-order valence-corrected chi connectivity index (χ3v) is 3.57. The van der Waals surface area contributed by atoms with E-state index in [1.807, 2.05) is 6.07 Å². The third-order valence-electron chi connectivity index (χ3n) is 3.57. The second-order valence-electron chi connectivity index (χ2n) is 5.42. The van der Waals surface area contributed by atoms with Gasteiger partial charge in [-0.2, -0.15) is 0 Å². The number of imide groups is 1. The zero-order valence-electron chi connectivity index (χ0n) is 13.3. The van der Waals surface area contributed by atoms with Crippen molar-refractivity contribution in [2.24, 2.45) is 0 Å². The summed E-state index contributed by atoms with van der Waals surface area (Å²) in [5, 5.41) is 5.21. The maximum Gasteiger partial charge on any atom is 0.324 e. The maximum absolute atomic E-state index is 12.0. The molecule has 7 heteroatoms. The Morgan fingerprint density at radius 1 is 1.24 bits per heavy atom. The van der Waals surface area contributed by atoms with Crippen LogP contribution < -0.4 is 10.6 Å². The van der Waals surface area contributed by atoms with Crippen molar-refractivity contribution in [1.29, 1.82) is 0 Å². The number of hydrogen-bond acceptors (Lipinski definition) is 4. The van der Waals surface area contributed by atoms with E-state index in [1.165, 1.54) is 6.08 Å². The van der Waals surface area contributed by atoms with Crippen molar-refractivity contribution >= 4 is 29.6 Å². The van der Waals surface area contributed by atoms with E-state index in [-0.39, 0.29) is 24.9 Å². The van der Waals surface area contributed by atoms with E-state index in [0.717, 1.165) is 10.5 Å². The third kappa shape index (κ3) is 4.29. The summed E-state index contributed by atoms with van der Waals surface area (Å²) >= 11 is 0. The van der Waals surface area contributed by atoms with Crippen LogP contribution in [0.1, 0.15) is 11.3 Å². The van der Waals surface area contributed by atoms with Crippen molar-refractivity contribution in [3.05, 3.63) is 66.0 Å². The average Bonchev–Trinajstić information content (AvgIpc) is 2.93. The summed E-state index contributed by atoms with van der Waals surface area (Å²) in [5.74, 6) is -0.560. The number of nitrogens with one attached hydrogen (secondary N) is 2. The first-order valence-electron chi connectivity index (χ1n) is 7.69. The lowest BCUT2D eigenvalue weighted by molar-refractivity contribution is -0.125. The van der Waals surface area contributed by atoms with E-state index in [1.54, 1.807) is 48.7 Å². The first-order valence-corrected chi connectivity index (χ1v) is 7.69. The summed E-state index contributed by atoms with van der Waals surface area (Å²) in [4.78, 5) is 40.4. The largest absolute Gasteiger partial charge is 0.329 e. The van der Waals surface area contributed by atoms with Crippen LogP contribution in [0.4, 0.5) is 10.5 Å². The van der Waals surface area contributed by atoms with Crippen molar-refractivity contribution in [1.82, 2.24) is 15.2 Å². The van der Waals surface area contributed by atoms with Crippen molar-refractivity contribution in [2.75, 3.05) is 11.9 Å². The number of rotatable bonds is 5. The molecular weight excluding hydrogens is 320 g/mol. The molecule has 3 rings (SSSR count). The monoisotopic (exact) mass is 336 g/mol. The Morgan fingerprint density at radius 3 is 2.84 bits per heavy atom. The predicted octanol–water partition coefficient (Wildman–Crippen LogP) is 1.79. The second kappa shape index (κ2) is 7.39. The number of anilines is 1. The highest BCUT2D eigenvalue weighted by molar-refractivity contribution is 6.02. The van der Waals surface area contributed by atoms with Gasteiger partial charge in [0.1, 0.15) is 0 Å². The highest BCUT2D eigenvalue weighted by Gasteiger charge is 2.28. The van der Waals surface area contributed by atoms with Gasteiger partial charge in [-0.3, -0.25) is 19.5 Å².